The minimum absolute atomic E-state index is 0.217. The van der Waals surface area contributed by atoms with Crippen LogP contribution in [0.1, 0.15) is 0 Å². The third kappa shape index (κ3) is 4.58. The maximum atomic E-state index is 13.3. The molecule has 184 valence electrons. The van der Waals surface area contributed by atoms with E-state index in [1.807, 2.05) is 36.5 Å². The zero-order chi connectivity index (χ0) is 26.2. The van der Waals surface area contributed by atoms with Gasteiger partial charge in [-0.25, -0.2) is 4.39 Å². The van der Waals surface area contributed by atoms with Crippen LogP contribution in [0.4, 0.5) is 4.39 Å². The number of hydrogen-bond donors (Lipinski definition) is 0. The maximum absolute atomic E-state index is 13.3. The molecule has 7 rings (SSSR count). The first kappa shape index (κ1) is 23.1. The second-order valence-corrected chi connectivity index (χ2v) is 9.85. The van der Waals surface area contributed by atoms with E-state index in [2.05, 4.69) is 102 Å². The van der Waals surface area contributed by atoms with Crippen LogP contribution in [0.15, 0.2) is 146 Å². The molecule has 7 aromatic rings. The van der Waals surface area contributed by atoms with Crippen molar-refractivity contribution in [2.75, 3.05) is 0 Å². The predicted molar refractivity (Wildman–Crippen MR) is 161 cm³/mol. The van der Waals surface area contributed by atoms with Crippen molar-refractivity contribution in [3.05, 3.63) is 152 Å². The second-order valence-electron chi connectivity index (χ2n) is 9.85. The molecule has 1 heterocycles. The summed E-state index contributed by atoms with van der Waals surface area (Å²) in [5, 5.41) is 3.57. The molecule has 0 saturated heterocycles. The molecule has 0 aliphatic rings. The lowest BCUT2D eigenvalue weighted by Crippen LogP contribution is -1.85. The first-order chi connectivity index (χ1) is 19.2. The number of fused-ring (bicyclic) bond motifs is 2. The molecule has 1 aromatic heterocycles. The SMILES string of the molecule is Fc1ccc(-c2ccc(-c3ccc4cc(-c5ccc(-c6cnc7ccccc7c6)cc5)ccc4c3)cc2)cc1. The summed E-state index contributed by atoms with van der Waals surface area (Å²) in [7, 11) is 0. The second kappa shape index (κ2) is 9.66. The molecule has 0 spiro atoms. The van der Waals surface area contributed by atoms with E-state index in [4.69, 9.17) is 0 Å². The van der Waals surface area contributed by atoms with Gasteiger partial charge in [0.05, 0.1) is 5.52 Å². The molecule has 0 fully saturated rings. The van der Waals surface area contributed by atoms with Crippen molar-refractivity contribution in [2.45, 2.75) is 0 Å². The third-order valence-corrected chi connectivity index (χ3v) is 7.38. The first-order valence-corrected chi connectivity index (χ1v) is 13.1. The smallest absolute Gasteiger partial charge is 0.123 e. The summed E-state index contributed by atoms with van der Waals surface area (Å²) in [5.74, 6) is -0.217. The molecular weight excluding hydrogens is 477 g/mol. The van der Waals surface area contributed by atoms with E-state index in [9.17, 15) is 4.39 Å². The van der Waals surface area contributed by atoms with Gasteiger partial charge in [-0.05, 0) is 86.1 Å². The Bertz CT molecular complexity index is 1940. The van der Waals surface area contributed by atoms with Gasteiger partial charge in [-0.1, -0.05) is 103 Å². The lowest BCUT2D eigenvalue weighted by molar-refractivity contribution is 0.628. The summed E-state index contributed by atoms with van der Waals surface area (Å²) in [6.07, 6.45) is 1.95. The monoisotopic (exact) mass is 501 g/mol. The molecule has 0 bridgehead atoms. The van der Waals surface area contributed by atoms with E-state index in [1.54, 1.807) is 0 Å². The Hall–Kier alpha value is -5.08. The van der Waals surface area contributed by atoms with Gasteiger partial charge < -0.3 is 0 Å². The van der Waals surface area contributed by atoms with Gasteiger partial charge in [0, 0.05) is 17.1 Å². The van der Waals surface area contributed by atoms with Crippen LogP contribution < -0.4 is 0 Å². The van der Waals surface area contributed by atoms with Crippen LogP contribution in [-0.2, 0) is 0 Å². The average Bonchev–Trinajstić information content (AvgIpc) is 3.01. The Kier molecular flexibility index (Phi) is 5.71. The fourth-order valence-corrected chi connectivity index (χ4v) is 5.19. The van der Waals surface area contributed by atoms with Crippen molar-refractivity contribution >= 4 is 21.7 Å². The number of nitrogens with zero attached hydrogens (tertiary/aromatic N) is 1. The van der Waals surface area contributed by atoms with Crippen molar-refractivity contribution in [2.24, 2.45) is 0 Å². The summed E-state index contributed by atoms with van der Waals surface area (Å²) in [6, 6.07) is 47.4. The number of pyridine rings is 1. The normalized spacial score (nSPS) is 11.2. The maximum Gasteiger partial charge on any atom is 0.123 e. The van der Waals surface area contributed by atoms with E-state index in [0.717, 1.165) is 38.7 Å². The summed E-state index contributed by atoms with van der Waals surface area (Å²) < 4.78 is 13.3. The number of para-hydroxylation sites is 1. The Morgan fingerprint density at radius 1 is 0.359 bits per heavy atom. The largest absolute Gasteiger partial charge is 0.256 e. The van der Waals surface area contributed by atoms with Crippen molar-refractivity contribution in [1.82, 2.24) is 4.98 Å². The molecule has 2 heteroatoms. The van der Waals surface area contributed by atoms with Crippen LogP contribution in [0, 0.1) is 5.82 Å². The van der Waals surface area contributed by atoms with Gasteiger partial charge in [-0.15, -0.1) is 0 Å². The highest BCUT2D eigenvalue weighted by Crippen LogP contribution is 2.31. The summed E-state index contributed by atoms with van der Waals surface area (Å²) in [5.41, 5.74) is 10.1. The first-order valence-electron chi connectivity index (χ1n) is 13.1. The fourth-order valence-electron chi connectivity index (χ4n) is 5.19. The molecule has 0 radical (unpaired) electrons. The average molecular weight is 502 g/mol. The van der Waals surface area contributed by atoms with E-state index in [1.165, 1.54) is 39.6 Å². The minimum atomic E-state index is -0.217. The highest BCUT2D eigenvalue weighted by molar-refractivity contribution is 5.91. The molecular formula is C37H24FN. The van der Waals surface area contributed by atoms with Crippen molar-refractivity contribution < 1.29 is 4.39 Å². The molecule has 39 heavy (non-hydrogen) atoms. The fraction of sp³-hybridized carbons (Fsp3) is 0. The molecule has 6 aromatic carbocycles. The molecule has 0 aliphatic heterocycles. The van der Waals surface area contributed by atoms with Crippen molar-refractivity contribution in [3.63, 3.8) is 0 Å². The van der Waals surface area contributed by atoms with Gasteiger partial charge in [-0.3, -0.25) is 4.98 Å². The van der Waals surface area contributed by atoms with Crippen molar-refractivity contribution in [1.29, 1.82) is 0 Å². The van der Waals surface area contributed by atoms with E-state index in [0.29, 0.717) is 0 Å². The van der Waals surface area contributed by atoms with Gasteiger partial charge in [0.2, 0.25) is 0 Å². The summed E-state index contributed by atoms with van der Waals surface area (Å²) >= 11 is 0. The van der Waals surface area contributed by atoms with Gasteiger partial charge in [0.25, 0.3) is 0 Å². The van der Waals surface area contributed by atoms with Crippen LogP contribution in [0.5, 0.6) is 0 Å². The molecule has 0 N–H and O–H groups in total. The Morgan fingerprint density at radius 3 is 1.33 bits per heavy atom. The van der Waals surface area contributed by atoms with Gasteiger partial charge >= 0.3 is 0 Å². The summed E-state index contributed by atoms with van der Waals surface area (Å²) in [6.45, 7) is 0. The van der Waals surface area contributed by atoms with Crippen LogP contribution in [0.25, 0.3) is 66.2 Å². The third-order valence-electron chi connectivity index (χ3n) is 7.38. The number of rotatable bonds is 4. The summed E-state index contributed by atoms with van der Waals surface area (Å²) in [4.78, 5) is 4.61. The highest BCUT2D eigenvalue weighted by atomic mass is 19.1. The number of halogens is 1. The number of aromatic nitrogens is 1. The molecule has 0 amide bonds. The molecule has 0 atom stereocenters. The number of hydrogen-bond acceptors (Lipinski definition) is 1. The molecule has 1 nitrogen and oxygen atoms in total. The van der Waals surface area contributed by atoms with Gasteiger partial charge in [-0.2, -0.15) is 0 Å². The van der Waals surface area contributed by atoms with E-state index in [-0.39, 0.29) is 5.82 Å². The van der Waals surface area contributed by atoms with E-state index >= 15 is 0 Å². The highest BCUT2D eigenvalue weighted by Gasteiger charge is 2.06. The zero-order valence-electron chi connectivity index (χ0n) is 21.2. The minimum Gasteiger partial charge on any atom is -0.256 e. The lowest BCUT2D eigenvalue weighted by atomic mass is 9.96. The number of benzene rings is 6. The standard InChI is InChI=1S/C37H24FN/c38-36-19-17-26(18-20-36)25-5-7-27(8-6-25)30-13-15-33-22-31(14-16-32(33)21-30)28-9-11-29(12-10-28)35-23-34-3-1-2-4-37(34)39-24-35/h1-24H. The van der Waals surface area contributed by atoms with Gasteiger partial charge in [0.1, 0.15) is 5.82 Å². The molecule has 0 saturated carbocycles. The Balaban J connectivity index is 1.13. The van der Waals surface area contributed by atoms with E-state index < -0.39 is 0 Å². The topological polar surface area (TPSA) is 12.9 Å². The lowest BCUT2D eigenvalue weighted by Gasteiger charge is -2.09. The quantitative estimate of drug-likeness (QED) is 0.234. The van der Waals surface area contributed by atoms with Crippen LogP contribution in [0.3, 0.4) is 0 Å². The Labute approximate surface area is 226 Å². The van der Waals surface area contributed by atoms with Gasteiger partial charge in [0.15, 0.2) is 0 Å². The Morgan fingerprint density at radius 2 is 0.769 bits per heavy atom. The van der Waals surface area contributed by atoms with Crippen LogP contribution in [0.2, 0.25) is 0 Å². The van der Waals surface area contributed by atoms with Crippen LogP contribution >= 0.6 is 0 Å². The predicted octanol–water partition coefficient (Wildman–Crippen LogP) is 10.2. The molecule has 0 unspecified atom stereocenters. The van der Waals surface area contributed by atoms with Crippen molar-refractivity contribution in [3.8, 4) is 44.5 Å². The van der Waals surface area contributed by atoms with Crippen LogP contribution in [-0.4, -0.2) is 4.98 Å². The zero-order valence-corrected chi connectivity index (χ0v) is 21.2. The molecule has 0 aliphatic carbocycles.